The molecule has 1 aromatic carbocycles. The van der Waals surface area contributed by atoms with Crippen LogP contribution in [0.3, 0.4) is 0 Å². The number of ether oxygens (including phenoxy) is 1. The van der Waals surface area contributed by atoms with Gasteiger partial charge in [-0.3, -0.25) is 4.79 Å². The van der Waals surface area contributed by atoms with Gasteiger partial charge in [-0.1, -0.05) is 12.1 Å². The van der Waals surface area contributed by atoms with Crippen molar-refractivity contribution in [2.24, 2.45) is 5.92 Å². The Hall–Kier alpha value is -1.55. The predicted molar refractivity (Wildman–Crippen MR) is 78.0 cm³/mol. The van der Waals surface area contributed by atoms with Crippen LogP contribution in [0.1, 0.15) is 30.1 Å². The minimum Gasteiger partial charge on any atom is -0.493 e. The maximum atomic E-state index is 12.7. The van der Waals surface area contributed by atoms with Crippen LogP contribution in [0.5, 0.6) is 5.75 Å². The van der Waals surface area contributed by atoms with Gasteiger partial charge in [0.15, 0.2) is 0 Å². The Balaban J connectivity index is 1.76. The molecule has 2 atom stereocenters. The van der Waals surface area contributed by atoms with Crippen LogP contribution in [0, 0.1) is 5.92 Å². The Kier molecular flexibility index (Phi) is 3.92. The molecule has 108 valence electrons. The zero-order valence-corrected chi connectivity index (χ0v) is 12.0. The number of fused-ring (bicyclic) bond motifs is 1. The molecule has 0 unspecified atom stereocenters. The third-order valence-electron chi connectivity index (χ3n) is 4.30. The van der Waals surface area contributed by atoms with Gasteiger partial charge in [0.2, 0.25) is 0 Å². The summed E-state index contributed by atoms with van der Waals surface area (Å²) in [5, 5.41) is 3.53. The number of rotatable bonds is 3. The SMILES string of the molecule is CCOc1ccccc1C(=O)N1C[C@@H]2CCCN[C@@H]2C1. The molecule has 1 N–H and O–H groups in total. The van der Waals surface area contributed by atoms with Crippen molar-refractivity contribution in [2.75, 3.05) is 26.2 Å². The number of likely N-dealkylation sites (tertiary alicyclic amines) is 1. The van der Waals surface area contributed by atoms with Crippen LogP contribution in [0.2, 0.25) is 0 Å². The Morgan fingerprint density at radius 2 is 2.25 bits per heavy atom. The zero-order chi connectivity index (χ0) is 13.9. The molecule has 1 amide bonds. The second kappa shape index (κ2) is 5.83. The smallest absolute Gasteiger partial charge is 0.257 e. The van der Waals surface area contributed by atoms with Crippen LogP contribution in [-0.4, -0.2) is 43.1 Å². The first-order valence-corrected chi connectivity index (χ1v) is 7.54. The Labute approximate surface area is 120 Å². The Morgan fingerprint density at radius 1 is 1.40 bits per heavy atom. The fourth-order valence-corrected chi connectivity index (χ4v) is 3.31. The lowest BCUT2D eigenvalue weighted by atomic mass is 9.94. The molecule has 0 aromatic heterocycles. The molecule has 1 aromatic rings. The fraction of sp³-hybridized carbons (Fsp3) is 0.562. The number of hydrogen-bond acceptors (Lipinski definition) is 3. The lowest BCUT2D eigenvalue weighted by Crippen LogP contribution is -2.41. The lowest BCUT2D eigenvalue weighted by Gasteiger charge is -2.24. The molecule has 4 heteroatoms. The molecule has 20 heavy (non-hydrogen) atoms. The number of amides is 1. The average Bonchev–Trinajstić information content (AvgIpc) is 2.91. The van der Waals surface area contributed by atoms with Crippen molar-refractivity contribution in [3.8, 4) is 5.75 Å². The largest absolute Gasteiger partial charge is 0.493 e. The average molecular weight is 274 g/mol. The van der Waals surface area contributed by atoms with E-state index < -0.39 is 0 Å². The van der Waals surface area contributed by atoms with Gasteiger partial charge in [0.1, 0.15) is 5.75 Å². The summed E-state index contributed by atoms with van der Waals surface area (Å²) in [7, 11) is 0. The molecule has 2 saturated heterocycles. The first-order chi connectivity index (χ1) is 9.79. The number of carbonyl (C=O) groups excluding carboxylic acids is 1. The molecular weight excluding hydrogens is 252 g/mol. The van der Waals surface area contributed by atoms with Gasteiger partial charge in [-0.05, 0) is 44.4 Å². The van der Waals surface area contributed by atoms with Crippen LogP contribution in [0.25, 0.3) is 0 Å². The van der Waals surface area contributed by atoms with Crippen molar-refractivity contribution in [3.63, 3.8) is 0 Å². The van der Waals surface area contributed by atoms with Gasteiger partial charge in [0.25, 0.3) is 5.91 Å². The number of nitrogens with one attached hydrogen (secondary N) is 1. The van der Waals surface area contributed by atoms with Gasteiger partial charge in [-0.2, -0.15) is 0 Å². The first-order valence-electron chi connectivity index (χ1n) is 7.54. The van der Waals surface area contributed by atoms with Gasteiger partial charge < -0.3 is 15.0 Å². The molecule has 2 aliphatic rings. The van der Waals surface area contributed by atoms with Crippen LogP contribution in [-0.2, 0) is 0 Å². The molecule has 2 fully saturated rings. The van der Waals surface area contributed by atoms with Crippen LogP contribution in [0.4, 0.5) is 0 Å². The van der Waals surface area contributed by atoms with E-state index in [2.05, 4.69) is 5.32 Å². The topological polar surface area (TPSA) is 41.6 Å². The highest BCUT2D eigenvalue weighted by atomic mass is 16.5. The number of hydrogen-bond donors (Lipinski definition) is 1. The van der Waals surface area contributed by atoms with Gasteiger partial charge in [-0.15, -0.1) is 0 Å². The highest BCUT2D eigenvalue weighted by Gasteiger charge is 2.37. The number of carbonyl (C=O) groups is 1. The summed E-state index contributed by atoms with van der Waals surface area (Å²) < 4.78 is 5.57. The summed E-state index contributed by atoms with van der Waals surface area (Å²) >= 11 is 0. The molecule has 3 rings (SSSR count). The maximum absolute atomic E-state index is 12.7. The van der Waals surface area contributed by atoms with Gasteiger partial charge in [0, 0.05) is 19.1 Å². The van der Waals surface area contributed by atoms with Gasteiger partial charge in [-0.25, -0.2) is 0 Å². The number of benzene rings is 1. The molecule has 0 saturated carbocycles. The van der Waals surface area contributed by atoms with E-state index in [0.717, 1.165) is 19.6 Å². The summed E-state index contributed by atoms with van der Waals surface area (Å²) in [6.07, 6.45) is 2.45. The summed E-state index contributed by atoms with van der Waals surface area (Å²) in [4.78, 5) is 14.7. The lowest BCUT2D eigenvalue weighted by molar-refractivity contribution is 0.0781. The van der Waals surface area contributed by atoms with E-state index in [1.54, 1.807) is 0 Å². The maximum Gasteiger partial charge on any atom is 0.257 e. The highest BCUT2D eigenvalue weighted by molar-refractivity contribution is 5.97. The van der Waals surface area contributed by atoms with Crippen molar-refractivity contribution >= 4 is 5.91 Å². The molecule has 0 aliphatic carbocycles. The third kappa shape index (κ3) is 2.52. The minimum absolute atomic E-state index is 0.102. The molecule has 0 radical (unpaired) electrons. The summed E-state index contributed by atoms with van der Waals surface area (Å²) in [5.74, 6) is 1.42. The zero-order valence-electron chi connectivity index (χ0n) is 12.0. The fourth-order valence-electron chi connectivity index (χ4n) is 3.31. The number of para-hydroxylation sites is 1. The van der Waals surface area contributed by atoms with Crippen LogP contribution < -0.4 is 10.1 Å². The van der Waals surface area contributed by atoms with Crippen LogP contribution in [0.15, 0.2) is 24.3 Å². The molecule has 2 heterocycles. The number of nitrogens with zero attached hydrogens (tertiary/aromatic N) is 1. The van der Waals surface area contributed by atoms with Crippen molar-refractivity contribution < 1.29 is 9.53 Å². The van der Waals surface area contributed by atoms with Gasteiger partial charge >= 0.3 is 0 Å². The molecule has 0 bridgehead atoms. The molecule has 2 aliphatic heterocycles. The van der Waals surface area contributed by atoms with Crippen LogP contribution >= 0.6 is 0 Å². The summed E-state index contributed by atoms with van der Waals surface area (Å²) in [5.41, 5.74) is 0.688. The van der Waals surface area contributed by atoms with Gasteiger partial charge in [0.05, 0.1) is 12.2 Å². The monoisotopic (exact) mass is 274 g/mol. The van der Waals surface area contributed by atoms with E-state index in [-0.39, 0.29) is 5.91 Å². The second-order valence-corrected chi connectivity index (χ2v) is 5.60. The highest BCUT2D eigenvalue weighted by Crippen LogP contribution is 2.28. The normalized spacial score (nSPS) is 25.4. The third-order valence-corrected chi connectivity index (χ3v) is 4.30. The van der Waals surface area contributed by atoms with E-state index in [9.17, 15) is 4.79 Å². The molecule has 4 nitrogen and oxygen atoms in total. The van der Waals surface area contributed by atoms with Crippen molar-refractivity contribution in [1.82, 2.24) is 10.2 Å². The van der Waals surface area contributed by atoms with E-state index >= 15 is 0 Å². The summed E-state index contributed by atoms with van der Waals surface area (Å²) in [6, 6.07) is 8.03. The van der Waals surface area contributed by atoms with Crippen molar-refractivity contribution in [3.05, 3.63) is 29.8 Å². The predicted octanol–water partition coefficient (Wildman–Crippen LogP) is 1.91. The standard InChI is InChI=1S/C16H22N2O2/c1-2-20-15-8-4-3-7-13(15)16(19)18-10-12-6-5-9-17-14(12)11-18/h3-4,7-8,12,14,17H,2,5-6,9-11H2,1H3/t12-,14+/m0/s1. The van der Waals surface area contributed by atoms with E-state index in [1.165, 1.54) is 12.8 Å². The van der Waals surface area contributed by atoms with Crippen molar-refractivity contribution in [1.29, 1.82) is 0 Å². The van der Waals surface area contributed by atoms with E-state index in [0.29, 0.717) is 29.9 Å². The Bertz CT molecular complexity index is 475. The summed E-state index contributed by atoms with van der Waals surface area (Å²) in [6.45, 7) is 5.30. The Morgan fingerprint density at radius 3 is 3.05 bits per heavy atom. The second-order valence-electron chi connectivity index (χ2n) is 5.60. The quantitative estimate of drug-likeness (QED) is 0.915. The number of piperidine rings is 1. The molecule has 0 spiro atoms. The van der Waals surface area contributed by atoms with Crippen molar-refractivity contribution in [2.45, 2.75) is 25.8 Å². The van der Waals surface area contributed by atoms with E-state index in [4.69, 9.17) is 4.74 Å². The first kappa shape index (κ1) is 13.4. The molecular formula is C16H22N2O2. The van der Waals surface area contributed by atoms with E-state index in [1.807, 2.05) is 36.1 Å². The minimum atomic E-state index is 0.102.